The van der Waals surface area contributed by atoms with Crippen molar-refractivity contribution in [1.82, 2.24) is 5.32 Å². The van der Waals surface area contributed by atoms with Gasteiger partial charge in [0.2, 0.25) is 5.91 Å². The summed E-state index contributed by atoms with van der Waals surface area (Å²) >= 11 is 0. The molecule has 1 unspecified atom stereocenters. The minimum absolute atomic E-state index is 0.0245. The lowest BCUT2D eigenvalue weighted by Gasteiger charge is -2.40. The van der Waals surface area contributed by atoms with E-state index in [1.807, 2.05) is 4.90 Å². The number of halogens is 3. The van der Waals surface area contributed by atoms with E-state index in [-0.39, 0.29) is 11.3 Å². The molecule has 140 valence electrons. The second kappa shape index (κ2) is 6.75. The molecule has 0 saturated heterocycles. The minimum Gasteiger partial charge on any atom is -0.475 e. The van der Waals surface area contributed by atoms with Crippen LogP contribution < -0.4 is 10.2 Å². The van der Waals surface area contributed by atoms with E-state index in [9.17, 15) is 18.0 Å². The number of carboxylic acids is 1. The predicted octanol–water partition coefficient (Wildman–Crippen LogP) is 2.75. The van der Waals surface area contributed by atoms with Crippen LogP contribution in [0.1, 0.15) is 30.4 Å². The molecule has 4 rings (SSSR count). The van der Waals surface area contributed by atoms with Crippen LogP contribution in [0.15, 0.2) is 30.4 Å². The highest BCUT2D eigenvalue weighted by Gasteiger charge is 2.43. The van der Waals surface area contributed by atoms with Crippen molar-refractivity contribution in [3.63, 3.8) is 0 Å². The van der Waals surface area contributed by atoms with Crippen LogP contribution in [0.2, 0.25) is 0 Å². The molecule has 0 bridgehead atoms. The van der Waals surface area contributed by atoms with Gasteiger partial charge < -0.3 is 15.3 Å². The highest BCUT2D eigenvalue weighted by Crippen LogP contribution is 2.48. The number of amides is 1. The van der Waals surface area contributed by atoms with Gasteiger partial charge in [-0.3, -0.25) is 4.79 Å². The molecule has 1 atom stereocenters. The first kappa shape index (κ1) is 18.4. The number of nitrogens with one attached hydrogen (secondary N) is 1. The first-order chi connectivity index (χ1) is 12.2. The molecule has 26 heavy (non-hydrogen) atoms. The molecule has 2 aliphatic heterocycles. The maximum absolute atomic E-state index is 12.6. The van der Waals surface area contributed by atoms with E-state index in [4.69, 9.17) is 9.90 Å². The smallest absolute Gasteiger partial charge is 0.475 e. The fourth-order valence-electron chi connectivity index (χ4n) is 3.80. The Kier molecular flexibility index (Phi) is 4.79. The van der Waals surface area contributed by atoms with Crippen molar-refractivity contribution < 1.29 is 27.9 Å². The van der Waals surface area contributed by atoms with E-state index >= 15 is 0 Å². The van der Waals surface area contributed by atoms with Crippen molar-refractivity contribution in [2.45, 2.75) is 37.4 Å². The number of nitrogens with zero attached hydrogens (tertiary/aromatic N) is 1. The van der Waals surface area contributed by atoms with Crippen molar-refractivity contribution in [2.24, 2.45) is 0 Å². The highest BCUT2D eigenvalue weighted by atomic mass is 19.4. The van der Waals surface area contributed by atoms with Gasteiger partial charge in [-0.05, 0) is 24.0 Å². The molecule has 1 aromatic carbocycles. The molecule has 5 nitrogen and oxygen atoms in total. The molecule has 2 N–H and O–H groups in total. The number of benzene rings is 1. The summed E-state index contributed by atoms with van der Waals surface area (Å²) in [5.41, 5.74) is 3.79. The number of rotatable bonds is 0. The summed E-state index contributed by atoms with van der Waals surface area (Å²) in [6.07, 6.45) is 2.24. The average molecular weight is 368 g/mol. The van der Waals surface area contributed by atoms with Crippen LogP contribution in [0.5, 0.6) is 0 Å². The van der Waals surface area contributed by atoms with E-state index in [0.29, 0.717) is 6.42 Å². The van der Waals surface area contributed by atoms with Gasteiger partial charge in [0.25, 0.3) is 0 Å². The van der Waals surface area contributed by atoms with Crippen molar-refractivity contribution in [1.29, 1.82) is 0 Å². The number of carbonyl (C=O) groups excluding carboxylic acids is 1. The van der Waals surface area contributed by atoms with Gasteiger partial charge in [-0.15, -0.1) is 0 Å². The molecular formula is C18H19F3N2O3. The Morgan fingerprint density at radius 2 is 2.04 bits per heavy atom. The number of fused-ring (bicyclic) bond motifs is 1. The standard InChI is InChI=1S/C16H18N2O.C2HF3O2/c19-14-10-16(6-1-2-7-16)13-5-3-4-12-11-17-8-9-18(14)15(12)13;3-2(4,5)1(6)7/h1,3-6,17H,2,7-11H2;(H,6,7). The number of anilines is 1. The van der Waals surface area contributed by atoms with Gasteiger partial charge in [-0.25, -0.2) is 4.79 Å². The highest BCUT2D eigenvalue weighted by molar-refractivity contribution is 5.99. The summed E-state index contributed by atoms with van der Waals surface area (Å²) in [4.78, 5) is 23.5. The van der Waals surface area contributed by atoms with Crippen LogP contribution >= 0.6 is 0 Å². The quantitative estimate of drug-likeness (QED) is 0.691. The molecule has 1 aromatic rings. The topological polar surface area (TPSA) is 69.6 Å². The summed E-state index contributed by atoms with van der Waals surface area (Å²) in [5, 5.41) is 10.5. The van der Waals surface area contributed by atoms with Crippen molar-refractivity contribution >= 4 is 17.6 Å². The van der Waals surface area contributed by atoms with Gasteiger partial charge >= 0.3 is 12.1 Å². The molecule has 0 saturated carbocycles. The Bertz CT molecular complexity index is 761. The normalized spacial score (nSPS) is 24.0. The van der Waals surface area contributed by atoms with Crippen LogP contribution in [0.25, 0.3) is 0 Å². The molecule has 8 heteroatoms. The maximum atomic E-state index is 12.6. The fraction of sp³-hybridized carbons (Fsp3) is 0.444. The number of carbonyl (C=O) groups is 2. The van der Waals surface area contributed by atoms with Crippen LogP contribution in [-0.2, 0) is 21.5 Å². The molecule has 1 amide bonds. The zero-order chi connectivity index (χ0) is 18.9. The molecule has 1 spiro atoms. The van der Waals surface area contributed by atoms with E-state index < -0.39 is 12.1 Å². The number of hydrogen-bond acceptors (Lipinski definition) is 3. The van der Waals surface area contributed by atoms with E-state index in [1.165, 1.54) is 16.8 Å². The van der Waals surface area contributed by atoms with Gasteiger partial charge in [-0.1, -0.05) is 30.4 Å². The minimum atomic E-state index is -5.08. The van der Waals surface area contributed by atoms with Crippen molar-refractivity contribution in [2.75, 3.05) is 18.0 Å². The van der Waals surface area contributed by atoms with E-state index in [2.05, 4.69) is 35.7 Å². The van der Waals surface area contributed by atoms with Gasteiger partial charge in [-0.2, -0.15) is 13.2 Å². The summed E-state index contributed by atoms with van der Waals surface area (Å²) in [5.74, 6) is -2.47. The molecule has 0 aromatic heterocycles. The van der Waals surface area contributed by atoms with Gasteiger partial charge in [0.15, 0.2) is 0 Å². The Morgan fingerprint density at radius 1 is 1.31 bits per heavy atom. The SMILES string of the molecule is O=C(O)C(F)(F)F.O=C1CC2(C=CCC2)c2cccc3c2N1CCNC3. The molecule has 3 aliphatic rings. The predicted molar refractivity (Wildman–Crippen MR) is 88.9 cm³/mol. The number of allylic oxidation sites excluding steroid dienone is 2. The average Bonchev–Trinajstić information content (AvgIpc) is 2.91. The second-order valence-electron chi connectivity index (χ2n) is 6.61. The first-order valence-electron chi connectivity index (χ1n) is 8.36. The molecule has 0 radical (unpaired) electrons. The second-order valence-corrected chi connectivity index (χ2v) is 6.61. The van der Waals surface area contributed by atoms with Crippen LogP contribution in [0.4, 0.5) is 18.9 Å². The number of carboxylic acid groups (broad SMARTS) is 1. The third kappa shape index (κ3) is 3.33. The zero-order valence-electron chi connectivity index (χ0n) is 14.0. The Labute approximate surface area is 148 Å². The summed E-state index contributed by atoms with van der Waals surface area (Å²) in [6.45, 7) is 2.54. The van der Waals surface area contributed by atoms with Gasteiger partial charge in [0, 0.05) is 31.5 Å². The van der Waals surface area contributed by atoms with Gasteiger partial charge in [0.05, 0.1) is 5.69 Å². The lowest BCUT2D eigenvalue weighted by Crippen LogP contribution is -2.44. The molecule has 0 fully saturated rings. The van der Waals surface area contributed by atoms with Crippen LogP contribution in [0.3, 0.4) is 0 Å². The largest absolute Gasteiger partial charge is 0.490 e. The number of aliphatic carboxylic acids is 1. The Hall–Kier alpha value is -2.35. The number of alkyl halides is 3. The molecule has 2 heterocycles. The monoisotopic (exact) mass is 368 g/mol. The van der Waals surface area contributed by atoms with E-state index in [1.54, 1.807) is 0 Å². The van der Waals surface area contributed by atoms with Crippen molar-refractivity contribution in [3.8, 4) is 0 Å². The zero-order valence-corrected chi connectivity index (χ0v) is 14.0. The van der Waals surface area contributed by atoms with E-state index in [0.717, 1.165) is 32.5 Å². The summed E-state index contributed by atoms with van der Waals surface area (Å²) < 4.78 is 31.7. The third-order valence-electron chi connectivity index (χ3n) is 4.96. The maximum Gasteiger partial charge on any atom is 0.490 e. The first-order valence-corrected chi connectivity index (χ1v) is 8.36. The third-order valence-corrected chi connectivity index (χ3v) is 4.96. The fourth-order valence-corrected chi connectivity index (χ4v) is 3.80. The lowest BCUT2D eigenvalue weighted by molar-refractivity contribution is -0.192. The van der Waals surface area contributed by atoms with Crippen molar-refractivity contribution in [3.05, 3.63) is 41.5 Å². The van der Waals surface area contributed by atoms with Crippen LogP contribution in [-0.4, -0.2) is 36.2 Å². The summed E-state index contributed by atoms with van der Waals surface area (Å²) in [6, 6.07) is 6.51. The number of para-hydroxylation sites is 1. The molecule has 1 aliphatic carbocycles. The Balaban J connectivity index is 0.000000242. The lowest BCUT2D eigenvalue weighted by atomic mass is 9.73. The van der Waals surface area contributed by atoms with Crippen LogP contribution in [0, 0.1) is 0 Å². The Morgan fingerprint density at radius 3 is 2.65 bits per heavy atom. The number of hydrogen-bond donors (Lipinski definition) is 2. The molecular weight excluding hydrogens is 349 g/mol. The summed E-state index contributed by atoms with van der Waals surface area (Å²) in [7, 11) is 0. The van der Waals surface area contributed by atoms with Gasteiger partial charge in [0.1, 0.15) is 0 Å².